The van der Waals surface area contributed by atoms with E-state index in [1.165, 1.54) is 11.3 Å². The third kappa shape index (κ3) is 3.16. The summed E-state index contributed by atoms with van der Waals surface area (Å²) in [5.74, 6) is 0.618. The molecule has 21 heavy (non-hydrogen) atoms. The second-order valence-electron chi connectivity index (χ2n) is 4.67. The summed E-state index contributed by atoms with van der Waals surface area (Å²) in [6.07, 6.45) is 3.95. The Morgan fingerprint density at radius 2 is 2.10 bits per heavy atom. The van der Waals surface area contributed by atoms with Crippen molar-refractivity contribution in [1.29, 1.82) is 0 Å². The second-order valence-corrected chi connectivity index (χ2v) is 5.67. The molecule has 0 spiro atoms. The van der Waals surface area contributed by atoms with Crippen LogP contribution in [0.1, 0.15) is 28.6 Å². The zero-order valence-electron chi connectivity index (χ0n) is 12.4. The zero-order valence-corrected chi connectivity index (χ0v) is 13.2. The van der Waals surface area contributed by atoms with E-state index in [9.17, 15) is 4.79 Å². The molecular formula is C15H19N3O2S. The Kier molecular flexibility index (Phi) is 4.80. The minimum atomic E-state index is 0.0411. The summed E-state index contributed by atoms with van der Waals surface area (Å²) >= 11 is 1.38. The molecule has 0 aromatic carbocycles. The summed E-state index contributed by atoms with van der Waals surface area (Å²) in [4.78, 5) is 18.6. The van der Waals surface area contributed by atoms with Gasteiger partial charge in [-0.15, -0.1) is 11.3 Å². The number of carbonyl (C=O) groups excluding carboxylic acids is 1. The molecule has 0 bridgehead atoms. The lowest BCUT2D eigenvalue weighted by Gasteiger charge is -2.18. The van der Waals surface area contributed by atoms with Gasteiger partial charge < -0.3 is 15.4 Å². The Morgan fingerprint density at radius 1 is 1.43 bits per heavy atom. The number of nitrogen functional groups attached to an aromatic ring is 1. The number of ketones is 1. The SMILES string of the molecule is CCC(=O)c1sc(N(C)Cc2ccncc2)c(OC)c1N. The van der Waals surface area contributed by atoms with Gasteiger partial charge in [0.1, 0.15) is 5.00 Å². The lowest BCUT2D eigenvalue weighted by Crippen LogP contribution is -2.15. The maximum Gasteiger partial charge on any atom is 0.177 e. The normalized spacial score (nSPS) is 10.4. The number of Topliss-reactive ketones (excluding diaryl/α,β-unsaturated/α-hetero) is 1. The first-order chi connectivity index (χ1) is 10.1. The Hall–Kier alpha value is -2.08. The van der Waals surface area contributed by atoms with E-state index in [2.05, 4.69) is 4.98 Å². The summed E-state index contributed by atoms with van der Waals surface area (Å²) < 4.78 is 5.39. The van der Waals surface area contributed by atoms with Crippen LogP contribution in [0.25, 0.3) is 0 Å². The van der Waals surface area contributed by atoms with Gasteiger partial charge in [0.05, 0.1) is 17.7 Å². The average molecular weight is 305 g/mol. The molecule has 0 aliphatic carbocycles. The van der Waals surface area contributed by atoms with Gasteiger partial charge in [-0.2, -0.15) is 0 Å². The topological polar surface area (TPSA) is 68.5 Å². The molecule has 5 nitrogen and oxygen atoms in total. The molecule has 0 aliphatic heterocycles. The van der Waals surface area contributed by atoms with Gasteiger partial charge in [-0.05, 0) is 17.7 Å². The molecule has 0 atom stereocenters. The van der Waals surface area contributed by atoms with Crippen molar-refractivity contribution in [2.75, 3.05) is 24.8 Å². The number of carbonyl (C=O) groups is 1. The van der Waals surface area contributed by atoms with Crippen LogP contribution in [0.15, 0.2) is 24.5 Å². The van der Waals surface area contributed by atoms with Gasteiger partial charge in [-0.3, -0.25) is 9.78 Å². The number of methoxy groups -OCH3 is 1. The van der Waals surface area contributed by atoms with E-state index < -0.39 is 0 Å². The molecule has 112 valence electrons. The molecule has 2 rings (SSSR count). The van der Waals surface area contributed by atoms with Crippen molar-refractivity contribution in [3.8, 4) is 5.75 Å². The number of pyridine rings is 1. The van der Waals surface area contributed by atoms with Crippen LogP contribution in [-0.2, 0) is 6.54 Å². The summed E-state index contributed by atoms with van der Waals surface area (Å²) in [5.41, 5.74) is 7.62. The van der Waals surface area contributed by atoms with Gasteiger partial charge in [-0.25, -0.2) is 0 Å². The van der Waals surface area contributed by atoms with E-state index in [1.807, 2.05) is 31.0 Å². The highest BCUT2D eigenvalue weighted by molar-refractivity contribution is 7.19. The molecule has 6 heteroatoms. The molecule has 0 saturated carbocycles. The third-order valence-corrected chi connectivity index (χ3v) is 4.52. The largest absolute Gasteiger partial charge is 0.492 e. The Balaban J connectivity index is 2.32. The fraction of sp³-hybridized carbons (Fsp3) is 0.333. The highest BCUT2D eigenvalue weighted by atomic mass is 32.1. The number of ether oxygens (including phenoxy) is 1. The van der Waals surface area contributed by atoms with E-state index in [1.54, 1.807) is 19.5 Å². The fourth-order valence-electron chi connectivity index (χ4n) is 2.07. The van der Waals surface area contributed by atoms with Gasteiger partial charge in [0.15, 0.2) is 11.5 Å². The number of nitrogens with zero attached hydrogens (tertiary/aromatic N) is 2. The van der Waals surface area contributed by atoms with Crippen molar-refractivity contribution < 1.29 is 9.53 Å². The second kappa shape index (κ2) is 6.58. The summed E-state index contributed by atoms with van der Waals surface area (Å²) in [6.45, 7) is 2.52. The standard InChI is InChI=1S/C15H19N3O2S/c1-4-11(19)14-12(16)13(20-3)15(21-14)18(2)9-10-5-7-17-8-6-10/h5-8H,4,9,16H2,1-3H3. The van der Waals surface area contributed by atoms with Gasteiger partial charge in [0.25, 0.3) is 0 Å². The molecule has 0 saturated heterocycles. The zero-order chi connectivity index (χ0) is 15.4. The monoisotopic (exact) mass is 305 g/mol. The third-order valence-electron chi connectivity index (χ3n) is 3.18. The number of hydrogen-bond donors (Lipinski definition) is 1. The van der Waals surface area contributed by atoms with E-state index in [0.717, 1.165) is 10.6 Å². The number of rotatable bonds is 6. The first-order valence-electron chi connectivity index (χ1n) is 6.68. The molecule has 0 radical (unpaired) electrons. The maximum atomic E-state index is 11.9. The van der Waals surface area contributed by atoms with E-state index in [0.29, 0.717) is 29.3 Å². The molecule has 0 fully saturated rings. The number of nitrogens with two attached hydrogens (primary N) is 1. The Morgan fingerprint density at radius 3 is 2.67 bits per heavy atom. The quantitative estimate of drug-likeness (QED) is 0.831. The minimum absolute atomic E-state index is 0.0411. The van der Waals surface area contributed by atoms with Crippen LogP contribution in [0.4, 0.5) is 10.7 Å². The first kappa shape index (κ1) is 15.3. The Bertz CT molecular complexity index is 625. The molecule has 2 aromatic rings. The molecule has 0 amide bonds. The van der Waals surface area contributed by atoms with Crippen LogP contribution < -0.4 is 15.4 Å². The fourth-order valence-corrected chi connectivity index (χ4v) is 3.23. The van der Waals surface area contributed by atoms with Crippen LogP contribution >= 0.6 is 11.3 Å². The van der Waals surface area contributed by atoms with Crippen LogP contribution in [0.3, 0.4) is 0 Å². The number of aromatic nitrogens is 1. The minimum Gasteiger partial charge on any atom is -0.492 e. The van der Waals surface area contributed by atoms with Crippen molar-refractivity contribution >= 4 is 27.8 Å². The van der Waals surface area contributed by atoms with E-state index in [4.69, 9.17) is 10.5 Å². The highest BCUT2D eigenvalue weighted by Gasteiger charge is 2.23. The smallest absolute Gasteiger partial charge is 0.177 e. The molecule has 2 heterocycles. The lowest BCUT2D eigenvalue weighted by molar-refractivity contribution is 0.0992. The van der Waals surface area contributed by atoms with Crippen molar-refractivity contribution in [2.45, 2.75) is 19.9 Å². The van der Waals surface area contributed by atoms with Crippen molar-refractivity contribution in [2.24, 2.45) is 0 Å². The van der Waals surface area contributed by atoms with Crippen LogP contribution in [0, 0.1) is 0 Å². The van der Waals surface area contributed by atoms with Gasteiger partial charge in [0, 0.05) is 32.4 Å². The van der Waals surface area contributed by atoms with Crippen LogP contribution in [-0.4, -0.2) is 24.9 Å². The molecule has 2 aromatic heterocycles. The van der Waals surface area contributed by atoms with Gasteiger partial charge in [0.2, 0.25) is 0 Å². The summed E-state index contributed by atoms with van der Waals surface area (Å²) in [6, 6.07) is 3.91. The maximum absolute atomic E-state index is 11.9. The summed E-state index contributed by atoms with van der Waals surface area (Å²) in [7, 11) is 3.52. The lowest BCUT2D eigenvalue weighted by atomic mass is 10.2. The number of anilines is 2. The molecule has 2 N–H and O–H groups in total. The predicted molar refractivity (Wildman–Crippen MR) is 86.2 cm³/mol. The van der Waals surface area contributed by atoms with E-state index in [-0.39, 0.29) is 5.78 Å². The van der Waals surface area contributed by atoms with Crippen molar-refractivity contribution in [1.82, 2.24) is 4.98 Å². The van der Waals surface area contributed by atoms with Crippen molar-refractivity contribution in [3.05, 3.63) is 35.0 Å². The van der Waals surface area contributed by atoms with Crippen LogP contribution in [0.5, 0.6) is 5.75 Å². The number of hydrogen-bond acceptors (Lipinski definition) is 6. The number of thiophene rings is 1. The van der Waals surface area contributed by atoms with Gasteiger partial charge in [-0.1, -0.05) is 6.92 Å². The van der Waals surface area contributed by atoms with Crippen molar-refractivity contribution in [3.63, 3.8) is 0 Å². The average Bonchev–Trinajstić information content (AvgIpc) is 2.84. The predicted octanol–water partition coefficient (Wildman–Crippen LogP) is 2.96. The summed E-state index contributed by atoms with van der Waals surface area (Å²) in [5, 5.41) is 0.864. The molecule has 0 unspecified atom stereocenters. The molecule has 0 aliphatic rings. The van der Waals surface area contributed by atoms with Gasteiger partial charge >= 0.3 is 0 Å². The highest BCUT2D eigenvalue weighted by Crippen LogP contribution is 2.45. The van der Waals surface area contributed by atoms with E-state index >= 15 is 0 Å². The van der Waals surface area contributed by atoms with Crippen LogP contribution in [0.2, 0.25) is 0 Å². The first-order valence-corrected chi connectivity index (χ1v) is 7.49. The molecular weight excluding hydrogens is 286 g/mol. The Labute approximate surface area is 128 Å².